The van der Waals surface area contributed by atoms with Gasteiger partial charge in [0.1, 0.15) is 0 Å². The molecule has 18 heavy (non-hydrogen) atoms. The van der Waals surface area contributed by atoms with Gasteiger partial charge in [-0.15, -0.1) is 0 Å². The predicted octanol–water partition coefficient (Wildman–Crippen LogP) is 5.03. The number of hydrogen-bond acceptors (Lipinski definition) is 0. The van der Waals surface area contributed by atoms with Crippen LogP contribution in [0.1, 0.15) is 5.56 Å². The van der Waals surface area contributed by atoms with Crippen LogP contribution in [0.3, 0.4) is 0 Å². The van der Waals surface area contributed by atoms with Crippen molar-refractivity contribution in [1.29, 1.82) is 0 Å². The number of rotatable bonds is 2. The molecule has 1 nitrogen and oxygen atoms in total. The van der Waals surface area contributed by atoms with E-state index in [2.05, 4.69) is 75.4 Å². The van der Waals surface area contributed by atoms with E-state index >= 15 is 0 Å². The largest absolute Gasteiger partial charge is 0.323 e. The van der Waals surface area contributed by atoms with E-state index in [0.29, 0.717) is 0 Å². The second-order valence-corrected chi connectivity index (χ2v) is 5.07. The van der Waals surface area contributed by atoms with Crippen molar-refractivity contribution >= 4 is 39.1 Å². The monoisotopic (exact) mass is 297 g/mol. The van der Waals surface area contributed by atoms with Crippen LogP contribution in [0.2, 0.25) is 0 Å². The smallest absolute Gasteiger partial charge is 0.0523 e. The zero-order valence-electron chi connectivity index (χ0n) is 9.75. The van der Waals surface area contributed by atoms with Gasteiger partial charge in [0.05, 0.1) is 5.52 Å². The molecule has 0 atom stereocenters. The maximum atomic E-state index is 3.49. The van der Waals surface area contributed by atoms with Crippen molar-refractivity contribution < 1.29 is 0 Å². The highest BCUT2D eigenvalue weighted by molar-refractivity contribution is 9.10. The molecule has 88 valence electrons. The second-order valence-electron chi connectivity index (χ2n) is 4.15. The third-order valence-electron chi connectivity index (χ3n) is 2.91. The summed E-state index contributed by atoms with van der Waals surface area (Å²) in [5.74, 6) is 0. The Morgan fingerprint density at radius 3 is 2.61 bits per heavy atom. The van der Waals surface area contributed by atoms with Gasteiger partial charge in [0, 0.05) is 22.3 Å². The Hall–Kier alpha value is -1.80. The molecule has 0 bridgehead atoms. The number of nitrogens with zero attached hydrogens (tertiary/aromatic N) is 1. The zero-order valence-corrected chi connectivity index (χ0v) is 11.3. The molecule has 1 heterocycles. The van der Waals surface area contributed by atoms with Crippen LogP contribution in [-0.4, -0.2) is 4.57 Å². The van der Waals surface area contributed by atoms with Crippen LogP contribution in [0.4, 0.5) is 0 Å². The molecule has 0 amide bonds. The average Bonchev–Trinajstić information content (AvgIpc) is 2.80. The second kappa shape index (κ2) is 4.83. The lowest BCUT2D eigenvalue weighted by atomic mass is 10.2. The van der Waals surface area contributed by atoms with Gasteiger partial charge in [0.15, 0.2) is 0 Å². The summed E-state index contributed by atoms with van der Waals surface area (Å²) in [4.78, 5) is 0. The summed E-state index contributed by atoms with van der Waals surface area (Å²) in [7, 11) is 0. The van der Waals surface area contributed by atoms with Gasteiger partial charge < -0.3 is 4.57 Å². The molecule has 2 heteroatoms. The fraction of sp³-hybridized carbons (Fsp3) is 0. The van der Waals surface area contributed by atoms with Gasteiger partial charge in [-0.3, -0.25) is 0 Å². The fourth-order valence-corrected chi connectivity index (χ4v) is 2.37. The zero-order chi connectivity index (χ0) is 12.4. The Morgan fingerprint density at radius 2 is 1.78 bits per heavy atom. The van der Waals surface area contributed by atoms with Gasteiger partial charge in [-0.1, -0.05) is 46.3 Å². The SMILES string of the molecule is Brc1ccc2c(ccn2/C=C\c2ccccc2)c1. The van der Waals surface area contributed by atoms with Crippen LogP contribution in [0.5, 0.6) is 0 Å². The summed E-state index contributed by atoms with van der Waals surface area (Å²) < 4.78 is 3.24. The van der Waals surface area contributed by atoms with Gasteiger partial charge >= 0.3 is 0 Å². The van der Waals surface area contributed by atoms with Crippen LogP contribution in [-0.2, 0) is 0 Å². The van der Waals surface area contributed by atoms with E-state index in [0.717, 1.165) is 4.47 Å². The van der Waals surface area contributed by atoms with Crippen molar-refractivity contribution in [2.45, 2.75) is 0 Å². The van der Waals surface area contributed by atoms with Crippen LogP contribution in [0.25, 0.3) is 23.2 Å². The highest BCUT2D eigenvalue weighted by Crippen LogP contribution is 2.21. The number of aromatic nitrogens is 1. The maximum absolute atomic E-state index is 3.49. The van der Waals surface area contributed by atoms with Gasteiger partial charge in [-0.05, 0) is 35.9 Å². The van der Waals surface area contributed by atoms with Gasteiger partial charge in [0.25, 0.3) is 0 Å². The Bertz CT molecular complexity index is 695. The van der Waals surface area contributed by atoms with Gasteiger partial charge in [0.2, 0.25) is 0 Å². The van der Waals surface area contributed by atoms with Crippen molar-refractivity contribution in [2.75, 3.05) is 0 Å². The first-order chi connectivity index (χ1) is 8.83. The van der Waals surface area contributed by atoms with Crippen molar-refractivity contribution in [2.24, 2.45) is 0 Å². The minimum atomic E-state index is 1.11. The Balaban J connectivity index is 1.98. The quantitative estimate of drug-likeness (QED) is 0.625. The van der Waals surface area contributed by atoms with E-state index in [1.165, 1.54) is 16.5 Å². The van der Waals surface area contributed by atoms with E-state index in [1.54, 1.807) is 0 Å². The van der Waals surface area contributed by atoms with Crippen LogP contribution >= 0.6 is 15.9 Å². The van der Waals surface area contributed by atoms with Crippen LogP contribution in [0, 0.1) is 0 Å². The molecule has 0 saturated heterocycles. The lowest BCUT2D eigenvalue weighted by molar-refractivity contribution is 1.23. The molecule has 1 aromatic heterocycles. The summed E-state index contributed by atoms with van der Waals surface area (Å²) in [6.45, 7) is 0. The highest BCUT2D eigenvalue weighted by Gasteiger charge is 1.98. The first-order valence-corrected chi connectivity index (χ1v) is 6.61. The molecule has 0 fully saturated rings. The number of benzene rings is 2. The van der Waals surface area contributed by atoms with E-state index in [4.69, 9.17) is 0 Å². The molecule has 0 spiro atoms. The minimum Gasteiger partial charge on any atom is -0.323 e. The van der Waals surface area contributed by atoms with E-state index in [9.17, 15) is 0 Å². The average molecular weight is 298 g/mol. The molecule has 2 aromatic carbocycles. The van der Waals surface area contributed by atoms with E-state index in [1.807, 2.05) is 18.2 Å². The molecule has 0 N–H and O–H groups in total. The van der Waals surface area contributed by atoms with Crippen LogP contribution in [0.15, 0.2) is 65.3 Å². The first-order valence-electron chi connectivity index (χ1n) is 5.82. The molecule has 0 radical (unpaired) electrons. The van der Waals surface area contributed by atoms with Crippen molar-refractivity contribution in [1.82, 2.24) is 4.57 Å². The van der Waals surface area contributed by atoms with Crippen molar-refractivity contribution in [3.63, 3.8) is 0 Å². The van der Waals surface area contributed by atoms with Crippen molar-refractivity contribution in [3.05, 3.63) is 70.8 Å². The Morgan fingerprint density at radius 1 is 0.944 bits per heavy atom. The highest BCUT2D eigenvalue weighted by atomic mass is 79.9. The number of fused-ring (bicyclic) bond motifs is 1. The summed E-state index contributed by atoms with van der Waals surface area (Å²) in [6, 6.07) is 18.7. The molecule has 3 rings (SSSR count). The Labute approximate surface area is 114 Å². The van der Waals surface area contributed by atoms with Crippen LogP contribution < -0.4 is 0 Å². The maximum Gasteiger partial charge on any atom is 0.0523 e. The van der Waals surface area contributed by atoms with E-state index < -0.39 is 0 Å². The van der Waals surface area contributed by atoms with Gasteiger partial charge in [-0.25, -0.2) is 0 Å². The van der Waals surface area contributed by atoms with Gasteiger partial charge in [-0.2, -0.15) is 0 Å². The third kappa shape index (κ3) is 2.24. The standard InChI is InChI=1S/C16H12BrN/c17-15-6-7-16-14(12-15)9-11-18(16)10-8-13-4-2-1-3-5-13/h1-12H/b10-8-. The summed E-state index contributed by atoms with van der Waals surface area (Å²) in [6.07, 6.45) is 6.28. The molecule has 0 aliphatic carbocycles. The van der Waals surface area contributed by atoms with Crippen molar-refractivity contribution in [3.8, 4) is 0 Å². The molecule has 0 saturated carbocycles. The Kier molecular flexibility index (Phi) is 3.03. The summed E-state index contributed by atoms with van der Waals surface area (Å²) >= 11 is 3.49. The number of halogens is 1. The fourth-order valence-electron chi connectivity index (χ4n) is 2.00. The normalized spacial score (nSPS) is 11.4. The molecular weight excluding hydrogens is 286 g/mol. The lowest BCUT2D eigenvalue weighted by Gasteiger charge is -1.98. The summed E-state index contributed by atoms with van der Waals surface area (Å²) in [5, 5.41) is 1.24. The minimum absolute atomic E-state index is 1.11. The molecule has 3 aromatic rings. The topological polar surface area (TPSA) is 4.93 Å². The number of hydrogen-bond donors (Lipinski definition) is 0. The molecular formula is C16H12BrN. The predicted molar refractivity (Wildman–Crippen MR) is 81.3 cm³/mol. The first kappa shape index (κ1) is 11.3. The lowest BCUT2D eigenvalue weighted by Crippen LogP contribution is -1.82. The summed E-state index contributed by atoms with van der Waals surface area (Å²) in [5.41, 5.74) is 2.42. The third-order valence-corrected chi connectivity index (χ3v) is 3.40. The molecule has 0 aliphatic rings. The van der Waals surface area contributed by atoms with E-state index in [-0.39, 0.29) is 0 Å². The molecule has 0 aliphatic heterocycles. The molecule has 0 unspecified atom stereocenters.